The smallest absolute Gasteiger partial charge is 0.407 e. The third-order valence-electron chi connectivity index (χ3n) is 9.04. The summed E-state index contributed by atoms with van der Waals surface area (Å²) in [6.45, 7) is 1.49. The van der Waals surface area contributed by atoms with Crippen molar-refractivity contribution in [2.24, 2.45) is 5.92 Å². The van der Waals surface area contributed by atoms with Crippen molar-refractivity contribution in [3.05, 3.63) is 102 Å². The number of benzene rings is 3. The van der Waals surface area contributed by atoms with Gasteiger partial charge in [0.15, 0.2) is 0 Å². The number of alkyl carbamates (subject to hydrolysis) is 1. The molecule has 1 aliphatic heterocycles. The summed E-state index contributed by atoms with van der Waals surface area (Å²) in [5.41, 5.74) is 1.11. The first-order valence-electron chi connectivity index (χ1n) is 15.6. The molecular formula is C34H40F2N4O5S. The molecule has 0 spiro atoms. The van der Waals surface area contributed by atoms with Gasteiger partial charge in [-0.1, -0.05) is 48.9 Å². The van der Waals surface area contributed by atoms with Gasteiger partial charge in [-0.25, -0.2) is 22.0 Å². The van der Waals surface area contributed by atoms with Crippen molar-refractivity contribution in [2.75, 3.05) is 26.7 Å². The van der Waals surface area contributed by atoms with Crippen molar-refractivity contribution in [1.82, 2.24) is 20.3 Å². The monoisotopic (exact) mass is 654 g/mol. The van der Waals surface area contributed by atoms with Gasteiger partial charge in [-0.15, -0.1) is 0 Å². The molecule has 5 rings (SSSR count). The maximum Gasteiger partial charge on any atom is 0.407 e. The van der Waals surface area contributed by atoms with Crippen molar-refractivity contribution in [1.29, 1.82) is 0 Å². The molecule has 1 aliphatic carbocycles. The predicted octanol–water partition coefficient (Wildman–Crippen LogP) is 4.55. The van der Waals surface area contributed by atoms with Crippen LogP contribution in [-0.2, 0) is 19.6 Å². The zero-order valence-corrected chi connectivity index (χ0v) is 26.5. The van der Waals surface area contributed by atoms with E-state index in [-0.39, 0.29) is 22.9 Å². The number of nitrogens with zero attached hydrogens (tertiary/aromatic N) is 1. The third kappa shape index (κ3) is 7.91. The van der Waals surface area contributed by atoms with Gasteiger partial charge in [-0.2, -0.15) is 4.31 Å². The van der Waals surface area contributed by atoms with Gasteiger partial charge >= 0.3 is 6.09 Å². The standard InChI is InChI=1S/C34H40F2N4O5S/c1-45-34(42)39-32(31(24-10-15-26(35)16-11-24)25-12-17-27(36)18-13-25)33(41)38-30-9-5-6-23(30)14-19-28-22-37-20-21-40(28)46(43,44)29-7-3-2-4-8-29/h2-4,7-8,10-13,15-18,23,28,30-32,37H,5-6,9,14,19-22H2,1H3,(H,38,41)(H,39,42)/t23-,28-,30-,32-/m0/s1. The summed E-state index contributed by atoms with van der Waals surface area (Å²) in [6, 6.07) is 18.1. The average molecular weight is 655 g/mol. The minimum absolute atomic E-state index is 0.0982. The molecule has 2 amide bonds. The molecule has 9 nitrogen and oxygen atoms in total. The van der Waals surface area contributed by atoms with E-state index in [0.29, 0.717) is 43.6 Å². The fourth-order valence-corrected chi connectivity index (χ4v) is 8.36. The molecule has 0 radical (unpaired) electrons. The van der Waals surface area contributed by atoms with Crippen molar-refractivity contribution >= 4 is 22.0 Å². The molecule has 1 saturated heterocycles. The number of sulfonamides is 1. The van der Waals surface area contributed by atoms with E-state index in [1.165, 1.54) is 55.6 Å². The Kier molecular flexibility index (Phi) is 11.0. The number of nitrogens with one attached hydrogen (secondary N) is 3. The molecule has 3 aromatic carbocycles. The summed E-state index contributed by atoms with van der Waals surface area (Å²) in [5, 5.41) is 9.13. The number of piperazine rings is 1. The molecule has 3 N–H and O–H groups in total. The summed E-state index contributed by atoms with van der Waals surface area (Å²) < 4.78 is 61.1. The van der Waals surface area contributed by atoms with Crippen LogP contribution in [0.1, 0.15) is 49.1 Å². The first kappa shape index (κ1) is 33.5. The third-order valence-corrected chi connectivity index (χ3v) is 11.0. The van der Waals surface area contributed by atoms with Crippen molar-refractivity contribution in [3.63, 3.8) is 0 Å². The first-order valence-corrected chi connectivity index (χ1v) is 17.0. The Morgan fingerprint density at radius 1 is 0.935 bits per heavy atom. The van der Waals surface area contributed by atoms with Gasteiger partial charge in [0.05, 0.1) is 12.0 Å². The van der Waals surface area contributed by atoms with E-state index in [4.69, 9.17) is 4.74 Å². The van der Waals surface area contributed by atoms with Crippen LogP contribution in [0.3, 0.4) is 0 Å². The molecule has 0 aromatic heterocycles. The number of rotatable bonds is 11. The number of halogens is 2. The quantitative estimate of drug-likeness (QED) is 0.280. The highest BCUT2D eigenvalue weighted by molar-refractivity contribution is 7.89. The van der Waals surface area contributed by atoms with Crippen molar-refractivity contribution < 1.29 is 31.5 Å². The lowest BCUT2D eigenvalue weighted by molar-refractivity contribution is -0.124. The van der Waals surface area contributed by atoms with Gasteiger partial charge in [0, 0.05) is 37.6 Å². The predicted molar refractivity (Wildman–Crippen MR) is 169 cm³/mol. The van der Waals surface area contributed by atoms with Crippen molar-refractivity contribution in [3.8, 4) is 0 Å². The van der Waals surface area contributed by atoms with Crippen LogP contribution in [0.15, 0.2) is 83.8 Å². The Hall–Kier alpha value is -3.87. The topological polar surface area (TPSA) is 117 Å². The first-order chi connectivity index (χ1) is 22.2. The summed E-state index contributed by atoms with van der Waals surface area (Å²) in [5.74, 6) is -2.04. The van der Waals surface area contributed by atoms with Gasteiger partial charge in [-0.05, 0) is 79.1 Å². The van der Waals surface area contributed by atoms with Crippen LogP contribution in [0.4, 0.5) is 13.6 Å². The lowest BCUT2D eigenvalue weighted by Gasteiger charge is -2.36. The Morgan fingerprint density at radius 3 is 2.17 bits per heavy atom. The van der Waals surface area contributed by atoms with E-state index in [1.807, 2.05) is 0 Å². The Bertz CT molecular complexity index is 1530. The minimum atomic E-state index is -3.66. The van der Waals surface area contributed by atoms with Crippen LogP contribution in [0.25, 0.3) is 0 Å². The van der Waals surface area contributed by atoms with Crippen LogP contribution >= 0.6 is 0 Å². The Balaban J connectivity index is 1.33. The van der Waals surface area contributed by atoms with E-state index in [1.54, 1.807) is 34.6 Å². The van der Waals surface area contributed by atoms with Crippen LogP contribution in [0.2, 0.25) is 0 Å². The zero-order valence-electron chi connectivity index (χ0n) is 25.7. The molecule has 3 aromatic rings. The van der Waals surface area contributed by atoms with E-state index in [9.17, 15) is 26.8 Å². The van der Waals surface area contributed by atoms with Crippen molar-refractivity contribution in [2.45, 2.75) is 61.0 Å². The molecule has 2 aliphatic rings. The summed E-state index contributed by atoms with van der Waals surface area (Å²) >= 11 is 0. The van der Waals surface area contributed by atoms with Gasteiger partial charge in [0.2, 0.25) is 15.9 Å². The Morgan fingerprint density at radius 2 is 1.57 bits per heavy atom. The maximum absolute atomic E-state index is 14.0. The molecule has 1 saturated carbocycles. The van der Waals surface area contributed by atoms with Gasteiger partial charge in [0.25, 0.3) is 0 Å². The number of ether oxygens (including phenoxy) is 1. The second kappa shape index (κ2) is 15.1. The van der Waals surface area contributed by atoms with E-state index in [2.05, 4.69) is 16.0 Å². The number of amides is 2. The van der Waals surface area contributed by atoms with E-state index < -0.39 is 45.6 Å². The van der Waals surface area contributed by atoms with Crippen LogP contribution in [-0.4, -0.2) is 69.6 Å². The summed E-state index contributed by atoms with van der Waals surface area (Å²) in [7, 11) is -2.46. The second-order valence-corrected chi connectivity index (χ2v) is 13.8. The fourth-order valence-electron chi connectivity index (χ4n) is 6.69. The zero-order chi connectivity index (χ0) is 32.7. The summed E-state index contributed by atoms with van der Waals surface area (Å²) in [4.78, 5) is 26.8. The lowest BCUT2D eigenvalue weighted by Crippen LogP contribution is -2.54. The van der Waals surface area contributed by atoms with Gasteiger partial charge in [-0.3, -0.25) is 4.79 Å². The normalized spacial score (nSPS) is 21.1. The Labute approximate surface area is 268 Å². The number of methoxy groups -OCH3 is 1. The number of hydrogen-bond donors (Lipinski definition) is 3. The molecule has 12 heteroatoms. The molecule has 246 valence electrons. The minimum Gasteiger partial charge on any atom is -0.453 e. The molecule has 1 heterocycles. The molecule has 46 heavy (non-hydrogen) atoms. The second-order valence-electron chi connectivity index (χ2n) is 11.9. The van der Waals surface area contributed by atoms with Gasteiger partial charge in [0.1, 0.15) is 17.7 Å². The largest absolute Gasteiger partial charge is 0.453 e. The number of carbonyl (C=O) groups is 2. The maximum atomic E-state index is 14.0. The molecule has 0 bridgehead atoms. The average Bonchev–Trinajstić information content (AvgIpc) is 3.52. The SMILES string of the molecule is COC(=O)N[C@H](C(=O)N[C@H]1CCC[C@H]1CC[C@H]1CNCCN1S(=O)(=O)c1ccccc1)C(c1ccc(F)cc1)c1ccc(F)cc1. The highest BCUT2D eigenvalue weighted by atomic mass is 32.2. The number of hydrogen-bond acceptors (Lipinski definition) is 6. The highest BCUT2D eigenvalue weighted by Crippen LogP contribution is 2.34. The molecular weight excluding hydrogens is 614 g/mol. The fraction of sp³-hybridized carbons (Fsp3) is 0.412. The van der Waals surface area contributed by atoms with Crippen LogP contribution < -0.4 is 16.0 Å². The van der Waals surface area contributed by atoms with E-state index in [0.717, 1.165) is 19.3 Å². The van der Waals surface area contributed by atoms with Gasteiger partial charge < -0.3 is 20.7 Å². The van der Waals surface area contributed by atoms with Crippen LogP contribution in [0.5, 0.6) is 0 Å². The lowest BCUT2D eigenvalue weighted by atomic mass is 9.84. The summed E-state index contributed by atoms with van der Waals surface area (Å²) in [6.07, 6.45) is 2.99. The number of carbonyl (C=O) groups excluding carboxylic acids is 2. The van der Waals surface area contributed by atoms with E-state index >= 15 is 0 Å². The van der Waals surface area contributed by atoms with Crippen LogP contribution in [0, 0.1) is 17.6 Å². The molecule has 4 atom stereocenters. The highest BCUT2D eigenvalue weighted by Gasteiger charge is 2.38. The molecule has 0 unspecified atom stereocenters. The molecule has 2 fully saturated rings.